The van der Waals surface area contributed by atoms with E-state index >= 15 is 0 Å². The molecule has 1 aliphatic heterocycles. The molecule has 1 atom stereocenters. The second kappa shape index (κ2) is 3.83. The molecule has 82 valence electrons. The van der Waals surface area contributed by atoms with Crippen molar-refractivity contribution >= 4 is 17.3 Å². The predicted molar refractivity (Wildman–Crippen MR) is 65.0 cm³/mol. The van der Waals surface area contributed by atoms with Crippen LogP contribution in [0.4, 0.5) is 5.69 Å². The first-order valence-electron chi connectivity index (χ1n) is 5.37. The van der Waals surface area contributed by atoms with Crippen LogP contribution < -0.4 is 5.32 Å². The van der Waals surface area contributed by atoms with Crippen molar-refractivity contribution in [3.63, 3.8) is 0 Å². The summed E-state index contributed by atoms with van der Waals surface area (Å²) < 4.78 is 0. The van der Waals surface area contributed by atoms with Crippen LogP contribution in [0.1, 0.15) is 23.5 Å². The Kier molecular flexibility index (Phi) is 2.33. The molecule has 1 unspecified atom stereocenters. The lowest BCUT2D eigenvalue weighted by Gasteiger charge is -2.26. The molecular weight excluding hydrogens is 222 g/mol. The van der Waals surface area contributed by atoms with Crippen LogP contribution in [0.5, 0.6) is 0 Å². The highest BCUT2D eigenvalue weighted by Crippen LogP contribution is 2.39. The molecule has 1 aromatic heterocycles. The molecule has 3 nitrogen and oxygen atoms in total. The molecule has 1 aromatic carbocycles. The van der Waals surface area contributed by atoms with Gasteiger partial charge in [-0.1, -0.05) is 23.7 Å². The van der Waals surface area contributed by atoms with E-state index in [-0.39, 0.29) is 0 Å². The molecular formula is C12H12ClN3. The number of hydrogen-bond acceptors (Lipinski definition) is 2. The number of hydrogen-bond donors (Lipinski definition) is 2. The van der Waals surface area contributed by atoms with E-state index in [0.717, 1.165) is 23.7 Å². The largest absolute Gasteiger partial charge is 0.384 e. The van der Waals surface area contributed by atoms with Gasteiger partial charge in [-0.3, -0.25) is 5.10 Å². The van der Waals surface area contributed by atoms with Crippen molar-refractivity contribution in [1.82, 2.24) is 10.2 Å². The van der Waals surface area contributed by atoms with E-state index < -0.39 is 0 Å². The van der Waals surface area contributed by atoms with Crippen LogP contribution in [-0.2, 0) is 0 Å². The van der Waals surface area contributed by atoms with Gasteiger partial charge in [0.05, 0.1) is 16.9 Å². The van der Waals surface area contributed by atoms with Crippen molar-refractivity contribution in [2.45, 2.75) is 12.3 Å². The highest BCUT2D eigenvalue weighted by molar-refractivity contribution is 6.33. The van der Waals surface area contributed by atoms with Crippen LogP contribution in [0.15, 0.2) is 30.6 Å². The first kappa shape index (κ1) is 9.73. The maximum absolute atomic E-state index is 6.18. The molecule has 2 N–H and O–H groups in total. The van der Waals surface area contributed by atoms with Crippen LogP contribution in [0.25, 0.3) is 0 Å². The Morgan fingerprint density at radius 1 is 1.38 bits per heavy atom. The first-order valence-corrected chi connectivity index (χ1v) is 5.75. The Labute approximate surface area is 98.8 Å². The maximum Gasteiger partial charge on any atom is 0.0640 e. The lowest BCUT2D eigenvalue weighted by atomic mass is 9.87. The number of rotatable bonds is 1. The van der Waals surface area contributed by atoms with Gasteiger partial charge in [0.2, 0.25) is 0 Å². The van der Waals surface area contributed by atoms with Crippen molar-refractivity contribution in [1.29, 1.82) is 0 Å². The summed E-state index contributed by atoms with van der Waals surface area (Å²) >= 11 is 6.18. The van der Waals surface area contributed by atoms with Crippen LogP contribution in [0, 0.1) is 0 Å². The number of aromatic nitrogens is 2. The summed E-state index contributed by atoms with van der Waals surface area (Å²) in [6.45, 7) is 0.951. The standard InChI is InChI=1S/C12H12ClN3/c13-11-3-1-2-10-9(4-5-14-12(10)11)8-6-15-16-7-8/h1-3,6-7,9,14H,4-5H2,(H,15,16). The molecule has 0 saturated carbocycles. The number of H-pyrrole nitrogens is 1. The van der Waals surface area contributed by atoms with Crippen LogP contribution >= 0.6 is 11.6 Å². The predicted octanol–water partition coefficient (Wildman–Crippen LogP) is 3.01. The maximum atomic E-state index is 6.18. The molecule has 2 heterocycles. The number of halogens is 1. The normalized spacial score (nSPS) is 18.9. The molecule has 0 amide bonds. The van der Waals surface area contributed by atoms with Crippen molar-refractivity contribution in [3.05, 3.63) is 46.7 Å². The minimum Gasteiger partial charge on any atom is -0.384 e. The second-order valence-electron chi connectivity index (χ2n) is 4.00. The first-order chi connectivity index (χ1) is 7.86. The number of aromatic amines is 1. The second-order valence-corrected chi connectivity index (χ2v) is 4.41. The zero-order valence-corrected chi connectivity index (χ0v) is 9.46. The van der Waals surface area contributed by atoms with Crippen molar-refractivity contribution in [3.8, 4) is 0 Å². The SMILES string of the molecule is Clc1cccc2c1NCCC2c1cn[nH]c1. The summed E-state index contributed by atoms with van der Waals surface area (Å²) in [5.41, 5.74) is 3.56. The Morgan fingerprint density at radius 3 is 3.12 bits per heavy atom. The minimum absolute atomic E-state index is 0.397. The summed E-state index contributed by atoms with van der Waals surface area (Å²) in [5.74, 6) is 0.397. The van der Waals surface area contributed by atoms with Gasteiger partial charge in [-0.25, -0.2) is 0 Å². The van der Waals surface area contributed by atoms with Crippen LogP contribution in [-0.4, -0.2) is 16.7 Å². The third kappa shape index (κ3) is 1.48. The van der Waals surface area contributed by atoms with Gasteiger partial charge in [0.15, 0.2) is 0 Å². The van der Waals surface area contributed by atoms with Gasteiger partial charge in [0, 0.05) is 18.7 Å². The number of nitrogens with one attached hydrogen (secondary N) is 2. The molecule has 1 aliphatic rings. The molecule has 0 fully saturated rings. The Morgan fingerprint density at radius 2 is 2.31 bits per heavy atom. The molecule has 0 bridgehead atoms. The Hall–Kier alpha value is -1.48. The summed E-state index contributed by atoms with van der Waals surface area (Å²) in [5, 5.41) is 11.0. The molecule has 0 saturated heterocycles. The lowest BCUT2D eigenvalue weighted by molar-refractivity contribution is 0.720. The van der Waals surface area contributed by atoms with Gasteiger partial charge in [0.25, 0.3) is 0 Å². The molecule has 0 aliphatic carbocycles. The van der Waals surface area contributed by atoms with Crippen LogP contribution in [0.2, 0.25) is 5.02 Å². The van der Waals surface area contributed by atoms with E-state index in [2.05, 4.69) is 21.6 Å². The number of para-hydroxylation sites is 1. The van der Waals surface area contributed by atoms with E-state index in [9.17, 15) is 0 Å². The Balaban J connectivity index is 2.10. The van der Waals surface area contributed by atoms with E-state index in [4.69, 9.17) is 11.6 Å². The highest BCUT2D eigenvalue weighted by atomic mass is 35.5. The van der Waals surface area contributed by atoms with E-state index in [0.29, 0.717) is 5.92 Å². The third-order valence-corrected chi connectivity index (χ3v) is 3.39. The molecule has 0 radical (unpaired) electrons. The van der Waals surface area contributed by atoms with Gasteiger partial charge in [-0.15, -0.1) is 0 Å². The minimum atomic E-state index is 0.397. The number of fused-ring (bicyclic) bond motifs is 1. The number of anilines is 1. The van der Waals surface area contributed by atoms with Crippen molar-refractivity contribution in [2.24, 2.45) is 0 Å². The molecule has 0 spiro atoms. The third-order valence-electron chi connectivity index (χ3n) is 3.08. The van der Waals surface area contributed by atoms with Crippen molar-refractivity contribution < 1.29 is 0 Å². The monoisotopic (exact) mass is 233 g/mol. The smallest absolute Gasteiger partial charge is 0.0640 e. The fraction of sp³-hybridized carbons (Fsp3) is 0.250. The lowest BCUT2D eigenvalue weighted by Crippen LogP contribution is -2.17. The Bertz CT molecular complexity index is 493. The van der Waals surface area contributed by atoms with Gasteiger partial charge in [-0.2, -0.15) is 5.10 Å². The van der Waals surface area contributed by atoms with E-state index in [1.54, 1.807) is 0 Å². The molecule has 4 heteroatoms. The summed E-state index contributed by atoms with van der Waals surface area (Å²) in [6.07, 6.45) is 4.92. The molecule has 2 aromatic rings. The summed E-state index contributed by atoms with van der Waals surface area (Å²) in [7, 11) is 0. The van der Waals surface area contributed by atoms with Crippen LogP contribution in [0.3, 0.4) is 0 Å². The van der Waals surface area contributed by atoms with Crippen molar-refractivity contribution in [2.75, 3.05) is 11.9 Å². The van der Waals surface area contributed by atoms with Gasteiger partial charge in [0.1, 0.15) is 0 Å². The van der Waals surface area contributed by atoms with E-state index in [1.807, 2.05) is 24.5 Å². The molecule has 3 rings (SSSR count). The number of nitrogens with zero attached hydrogens (tertiary/aromatic N) is 1. The fourth-order valence-corrected chi connectivity index (χ4v) is 2.56. The van der Waals surface area contributed by atoms with Gasteiger partial charge >= 0.3 is 0 Å². The average molecular weight is 234 g/mol. The fourth-order valence-electron chi connectivity index (χ4n) is 2.31. The topological polar surface area (TPSA) is 40.7 Å². The summed E-state index contributed by atoms with van der Waals surface area (Å²) in [6, 6.07) is 6.05. The highest BCUT2D eigenvalue weighted by Gasteiger charge is 2.23. The number of benzene rings is 1. The summed E-state index contributed by atoms with van der Waals surface area (Å²) in [4.78, 5) is 0. The zero-order valence-electron chi connectivity index (χ0n) is 8.70. The quantitative estimate of drug-likeness (QED) is 0.795. The van der Waals surface area contributed by atoms with Gasteiger partial charge in [-0.05, 0) is 23.6 Å². The molecule has 16 heavy (non-hydrogen) atoms. The average Bonchev–Trinajstić information content (AvgIpc) is 2.82. The van der Waals surface area contributed by atoms with E-state index in [1.165, 1.54) is 11.1 Å². The van der Waals surface area contributed by atoms with Gasteiger partial charge < -0.3 is 5.32 Å². The zero-order chi connectivity index (χ0) is 11.0.